The minimum atomic E-state index is -3.75. The quantitative estimate of drug-likeness (QED) is 0.514. The van der Waals surface area contributed by atoms with Crippen LogP contribution in [0.2, 0.25) is 0 Å². The molecule has 8 nitrogen and oxygen atoms in total. The molecule has 30 heavy (non-hydrogen) atoms. The third-order valence-corrected chi connectivity index (χ3v) is 5.43. The van der Waals surface area contributed by atoms with Gasteiger partial charge in [0.1, 0.15) is 0 Å². The summed E-state index contributed by atoms with van der Waals surface area (Å²) in [6, 6.07) is 17.5. The van der Waals surface area contributed by atoms with E-state index in [9.17, 15) is 18.0 Å². The van der Waals surface area contributed by atoms with Crippen molar-refractivity contribution in [3.8, 4) is 0 Å². The van der Waals surface area contributed by atoms with E-state index in [0.29, 0.717) is 16.9 Å². The predicted molar refractivity (Wildman–Crippen MR) is 114 cm³/mol. The number of carbonyl (C=O) groups excluding carboxylic acids is 2. The number of para-hydroxylation sites is 1. The monoisotopic (exact) mass is 424 g/mol. The summed E-state index contributed by atoms with van der Waals surface area (Å²) in [6.07, 6.45) is 3.22. The Morgan fingerprint density at radius 3 is 2.23 bits per heavy atom. The number of nitrogens with zero attached hydrogens (tertiary/aromatic N) is 1. The van der Waals surface area contributed by atoms with Crippen LogP contribution in [-0.4, -0.2) is 31.8 Å². The molecule has 0 atom stereocenters. The van der Waals surface area contributed by atoms with Crippen LogP contribution < -0.4 is 15.4 Å². The maximum absolute atomic E-state index is 12.4. The summed E-state index contributed by atoms with van der Waals surface area (Å²) >= 11 is 0. The highest BCUT2D eigenvalue weighted by atomic mass is 32.2. The smallest absolute Gasteiger partial charge is 0.261 e. The molecule has 0 saturated carbocycles. The number of amides is 2. The van der Waals surface area contributed by atoms with Gasteiger partial charge in [0.2, 0.25) is 5.91 Å². The van der Waals surface area contributed by atoms with Gasteiger partial charge in [-0.1, -0.05) is 18.2 Å². The number of carbonyl (C=O) groups is 2. The molecule has 0 unspecified atom stereocenters. The third kappa shape index (κ3) is 5.89. The van der Waals surface area contributed by atoms with Gasteiger partial charge in [-0.05, 0) is 48.5 Å². The molecule has 3 rings (SSSR count). The molecule has 0 bridgehead atoms. The lowest BCUT2D eigenvalue weighted by atomic mass is 10.2. The van der Waals surface area contributed by atoms with Crippen molar-refractivity contribution in [2.75, 3.05) is 16.6 Å². The molecule has 1 heterocycles. The summed E-state index contributed by atoms with van der Waals surface area (Å²) in [7, 11) is -3.75. The lowest BCUT2D eigenvalue weighted by molar-refractivity contribution is -0.116. The van der Waals surface area contributed by atoms with Crippen LogP contribution in [0.25, 0.3) is 0 Å². The highest BCUT2D eigenvalue weighted by Crippen LogP contribution is 2.16. The van der Waals surface area contributed by atoms with Gasteiger partial charge < -0.3 is 10.6 Å². The van der Waals surface area contributed by atoms with E-state index in [1.807, 2.05) is 0 Å². The van der Waals surface area contributed by atoms with Crippen molar-refractivity contribution in [1.82, 2.24) is 10.3 Å². The number of rotatable bonds is 8. The molecular weight excluding hydrogens is 404 g/mol. The number of hydrogen-bond donors (Lipinski definition) is 3. The molecule has 0 aliphatic rings. The van der Waals surface area contributed by atoms with Crippen molar-refractivity contribution in [2.45, 2.75) is 11.3 Å². The molecule has 3 N–H and O–H groups in total. The van der Waals surface area contributed by atoms with E-state index in [2.05, 4.69) is 20.3 Å². The molecule has 2 amide bonds. The topological polar surface area (TPSA) is 117 Å². The molecule has 3 aromatic rings. The van der Waals surface area contributed by atoms with Crippen LogP contribution in [0.1, 0.15) is 16.8 Å². The van der Waals surface area contributed by atoms with Crippen LogP contribution in [-0.2, 0) is 14.8 Å². The van der Waals surface area contributed by atoms with E-state index in [1.54, 1.807) is 48.7 Å². The zero-order valence-electron chi connectivity index (χ0n) is 15.9. The minimum Gasteiger partial charge on any atom is -0.352 e. The summed E-state index contributed by atoms with van der Waals surface area (Å²) in [6.45, 7) is 0.139. The lowest BCUT2D eigenvalue weighted by Gasteiger charge is -2.09. The fourth-order valence-electron chi connectivity index (χ4n) is 2.56. The third-order valence-electron chi connectivity index (χ3n) is 4.04. The van der Waals surface area contributed by atoms with Crippen LogP contribution in [0.5, 0.6) is 0 Å². The second kappa shape index (κ2) is 9.66. The van der Waals surface area contributed by atoms with Gasteiger partial charge in [0.15, 0.2) is 0 Å². The predicted octanol–water partition coefficient (Wildman–Crippen LogP) is 2.64. The Balaban J connectivity index is 1.51. The molecule has 0 aliphatic heterocycles. The van der Waals surface area contributed by atoms with Crippen molar-refractivity contribution < 1.29 is 18.0 Å². The first-order valence-electron chi connectivity index (χ1n) is 9.10. The Labute approximate surface area is 174 Å². The normalized spacial score (nSPS) is 10.8. The minimum absolute atomic E-state index is 0.0405. The average molecular weight is 424 g/mol. The second-order valence-electron chi connectivity index (χ2n) is 6.29. The van der Waals surface area contributed by atoms with Gasteiger partial charge in [-0.25, -0.2) is 8.42 Å². The fraction of sp³-hybridized carbons (Fsp3) is 0.0952. The second-order valence-corrected chi connectivity index (χ2v) is 7.97. The number of hydrogen-bond acceptors (Lipinski definition) is 5. The van der Waals surface area contributed by atoms with Crippen molar-refractivity contribution >= 4 is 33.2 Å². The molecule has 9 heteroatoms. The Kier molecular flexibility index (Phi) is 6.76. The summed E-state index contributed by atoms with van der Waals surface area (Å²) in [5.74, 6) is -0.652. The van der Waals surface area contributed by atoms with Gasteiger partial charge in [0.05, 0.1) is 16.8 Å². The van der Waals surface area contributed by atoms with E-state index < -0.39 is 15.9 Å². The number of benzene rings is 2. The van der Waals surface area contributed by atoms with Gasteiger partial charge in [-0.3, -0.25) is 19.3 Å². The van der Waals surface area contributed by atoms with Crippen molar-refractivity contribution in [1.29, 1.82) is 0 Å². The Morgan fingerprint density at radius 2 is 1.57 bits per heavy atom. The zero-order chi connectivity index (χ0) is 21.4. The van der Waals surface area contributed by atoms with Crippen LogP contribution in [0, 0.1) is 0 Å². The van der Waals surface area contributed by atoms with E-state index in [0.717, 1.165) is 0 Å². The molecule has 0 fully saturated rings. The summed E-state index contributed by atoms with van der Waals surface area (Å²) in [5.41, 5.74) is 1.32. The molecule has 2 aromatic carbocycles. The Morgan fingerprint density at radius 1 is 0.867 bits per heavy atom. The van der Waals surface area contributed by atoms with Crippen LogP contribution >= 0.6 is 0 Å². The standard InChI is InChI=1S/C21H20N4O4S/c26-20(24-18-7-4-13-22-15-18)12-14-23-21(27)16-8-10-19(11-9-16)30(28,29)25-17-5-2-1-3-6-17/h1-11,13,15,25H,12,14H2,(H,23,27)(H,24,26). The number of sulfonamides is 1. The Hall–Kier alpha value is -3.72. The fourth-order valence-corrected chi connectivity index (χ4v) is 3.62. The zero-order valence-corrected chi connectivity index (χ0v) is 16.7. The molecular formula is C21H20N4O4S. The number of anilines is 2. The van der Waals surface area contributed by atoms with Gasteiger partial charge in [0, 0.05) is 30.4 Å². The van der Waals surface area contributed by atoms with E-state index >= 15 is 0 Å². The molecule has 0 spiro atoms. The molecule has 154 valence electrons. The van der Waals surface area contributed by atoms with Gasteiger partial charge in [0.25, 0.3) is 15.9 Å². The molecule has 0 saturated heterocycles. The van der Waals surface area contributed by atoms with Crippen LogP contribution in [0.4, 0.5) is 11.4 Å². The SMILES string of the molecule is O=C(CCNC(=O)c1ccc(S(=O)(=O)Nc2ccccc2)cc1)Nc1cccnc1. The highest BCUT2D eigenvalue weighted by molar-refractivity contribution is 7.92. The largest absolute Gasteiger partial charge is 0.352 e. The molecule has 1 aromatic heterocycles. The first-order valence-corrected chi connectivity index (χ1v) is 10.6. The summed E-state index contributed by atoms with van der Waals surface area (Å²) < 4.78 is 27.3. The number of aromatic nitrogens is 1. The maximum atomic E-state index is 12.4. The van der Waals surface area contributed by atoms with Crippen molar-refractivity contribution in [3.05, 3.63) is 84.7 Å². The van der Waals surface area contributed by atoms with E-state index in [-0.39, 0.29) is 23.8 Å². The summed E-state index contributed by atoms with van der Waals surface area (Å²) in [5, 5.41) is 5.31. The van der Waals surface area contributed by atoms with Crippen LogP contribution in [0.15, 0.2) is 84.0 Å². The maximum Gasteiger partial charge on any atom is 0.261 e. The first-order chi connectivity index (χ1) is 14.4. The average Bonchev–Trinajstić information content (AvgIpc) is 2.75. The molecule has 0 radical (unpaired) electrons. The Bertz CT molecular complexity index is 1100. The van der Waals surface area contributed by atoms with E-state index in [4.69, 9.17) is 0 Å². The van der Waals surface area contributed by atoms with Gasteiger partial charge >= 0.3 is 0 Å². The van der Waals surface area contributed by atoms with Crippen LogP contribution in [0.3, 0.4) is 0 Å². The highest BCUT2D eigenvalue weighted by Gasteiger charge is 2.15. The number of pyridine rings is 1. The van der Waals surface area contributed by atoms with E-state index in [1.165, 1.54) is 30.5 Å². The van der Waals surface area contributed by atoms with Crippen molar-refractivity contribution in [2.24, 2.45) is 0 Å². The summed E-state index contributed by atoms with van der Waals surface area (Å²) in [4.78, 5) is 28.0. The van der Waals surface area contributed by atoms with Crippen molar-refractivity contribution in [3.63, 3.8) is 0 Å². The lowest BCUT2D eigenvalue weighted by Crippen LogP contribution is -2.27. The molecule has 0 aliphatic carbocycles. The number of nitrogens with one attached hydrogen (secondary N) is 3. The first kappa shape index (κ1) is 21.0. The van der Waals surface area contributed by atoms with Gasteiger partial charge in [-0.15, -0.1) is 0 Å². The van der Waals surface area contributed by atoms with Gasteiger partial charge in [-0.2, -0.15) is 0 Å².